The lowest BCUT2D eigenvalue weighted by Crippen LogP contribution is -2.46. The van der Waals surface area contributed by atoms with E-state index in [4.69, 9.17) is 15.8 Å². The smallest absolute Gasteiger partial charge is 0.266 e. The minimum absolute atomic E-state index is 0.0220. The second-order valence-electron chi connectivity index (χ2n) is 11.1. The molecule has 2 fully saturated rings. The third-order valence-corrected chi connectivity index (χ3v) is 9.40. The molecule has 1 saturated heterocycles. The number of nitrogens with one attached hydrogen (secondary N) is 1. The predicted octanol–water partition coefficient (Wildman–Crippen LogP) is 3.97. The van der Waals surface area contributed by atoms with E-state index in [0.29, 0.717) is 17.0 Å². The van der Waals surface area contributed by atoms with E-state index < -0.39 is 0 Å². The molecule has 2 aromatic carbocycles. The number of hydrogen-bond acceptors (Lipinski definition) is 5. The fraction of sp³-hybridized carbons (Fsp3) is 0.414. The summed E-state index contributed by atoms with van der Waals surface area (Å²) in [6, 6.07) is 19.1. The van der Waals surface area contributed by atoms with Gasteiger partial charge in [0.1, 0.15) is 5.39 Å². The number of hydrogen-bond donors (Lipinski definition) is 2. The van der Waals surface area contributed by atoms with Gasteiger partial charge in [0.2, 0.25) is 5.95 Å². The lowest BCUT2D eigenvalue weighted by molar-refractivity contribution is 0.186. The third-order valence-electron chi connectivity index (χ3n) is 9.40. The molecule has 7 rings (SSSR count). The number of benzene rings is 2. The highest BCUT2D eigenvalue weighted by atomic mass is 16.1. The normalized spacial score (nSPS) is 22.1. The van der Waals surface area contributed by atoms with Gasteiger partial charge in [0.15, 0.2) is 5.65 Å². The summed E-state index contributed by atoms with van der Waals surface area (Å²) in [5.74, 6) is 0.712. The molecule has 0 unspecified atom stereocenters. The van der Waals surface area contributed by atoms with Gasteiger partial charge in [0, 0.05) is 31.6 Å². The highest BCUT2D eigenvalue weighted by molar-refractivity contribution is 5.80. The molecule has 2 aliphatic carbocycles. The molecule has 184 valence electrons. The Morgan fingerprint density at radius 3 is 2.42 bits per heavy atom. The van der Waals surface area contributed by atoms with Gasteiger partial charge in [-0.3, -0.25) is 14.5 Å². The topological polar surface area (TPSA) is 92.8 Å². The largest absolute Gasteiger partial charge is 0.342 e. The van der Waals surface area contributed by atoms with Gasteiger partial charge in [-0.25, -0.2) is 0 Å². The van der Waals surface area contributed by atoms with Crippen LogP contribution < -0.4 is 16.2 Å². The Labute approximate surface area is 210 Å². The van der Waals surface area contributed by atoms with Crippen molar-refractivity contribution >= 4 is 17.0 Å². The van der Waals surface area contributed by atoms with Gasteiger partial charge in [-0.15, -0.1) is 0 Å². The SMILES string of the molecule is Cn1c(N2CCC3(CC2)Cc2ccccc2[C@H]3N)nc2[nH]nc(C3(c4ccccc4)CCC3)c2c1=O. The Balaban J connectivity index is 1.21. The van der Waals surface area contributed by atoms with Gasteiger partial charge in [0.25, 0.3) is 5.56 Å². The Morgan fingerprint density at radius 2 is 1.72 bits per heavy atom. The number of nitrogens with two attached hydrogens (primary N) is 1. The Bertz CT molecular complexity index is 1510. The molecule has 0 amide bonds. The molecule has 36 heavy (non-hydrogen) atoms. The molecule has 0 radical (unpaired) electrons. The monoisotopic (exact) mass is 480 g/mol. The zero-order valence-corrected chi connectivity index (χ0v) is 20.7. The summed E-state index contributed by atoms with van der Waals surface area (Å²) >= 11 is 0. The van der Waals surface area contributed by atoms with Crippen molar-refractivity contribution in [1.29, 1.82) is 0 Å². The van der Waals surface area contributed by atoms with Crippen molar-refractivity contribution in [2.24, 2.45) is 18.2 Å². The standard InChI is InChI=1S/C29H32N6O/c1-34-26(36)22-24(29(12-7-13-29)20-9-3-2-4-10-20)32-33-25(22)31-27(34)35-16-14-28(15-17-35)18-19-8-5-6-11-21(19)23(28)30/h2-6,8-11,23H,7,12-18,30H2,1H3,(H,32,33)/t23-/m1/s1. The van der Waals surface area contributed by atoms with Crippen LogP contribution in [0, 0.1) is 5.41 Å². The number of aromatic amines is 1. The second kappa shape index (κ2) is 7.77. The van der Waals surface area contributed by atoms with Gasteiger partial charge >= 0.3 is 0 Å². The average molecular weight is 481 g/mol. The van der Waals surface area contributed by atoms with Crippen molar-refractivity contribution < 1.29 is 0 Å². The molecule has 3 heterocycles. The van der Waals surface area contributed by atoms with Crippen molar-refractivity contribution in [2.45, 2.75) is 50.0 Å². The van der Waals surface area contributed by atoms with Crippen LogP contribution in [0.4, 0.5) is 5.95 Å². The van der Waals surface area contributed by atoms with Crippen LogP contribution in [0.25, 0.3) is 11.0 Å². The maximum Gasteiger partial charge on any atom is 0.266 e. The first-order valence-corrected chi connectivity index (χ1v) is 13.1. The summed E-state index contributed by atoms with van der Waals surface area (Å²) in [6.45, 7) is 1.67. The first-order chi connectivity index (χ1) is 17.5. The van der Waals surface area contributed by atoms with E-state index in [-0.39, 0.29) is 22.4 Å². The minimum Gasteiger partial charge on any atom is -0.342 e. The predicted molar refractivity (Wildman–Crippen MR) is 141 cm³/mol. The van der Waals surface area contributed by atoms with Gasteiger partial charge in [-0.05, 0) is 54.2 Å². The summed E-state index contributed by atoms with van der Waals surface area (Å²) < 4.78 is 1.72. The van der Waals surface area contributed by atoms with Crippen molar-refractivity contribution in [3.8, 4) is 0 Å². The van der Waals surface area contributed by atoms with E-state index in [1.807, 2.05) is 13.1 Å². The molecule has 1 spiro atoms. The molecular formula is C29H32N6O. The Hall–Kier alpha value is -3.45. The molecule has 4 aromatic rings. The van der Waals surface area contributed by atoms with Crippen molar-refractivity contribution in [1.82, 2.24) is 19.7 Å². The van der Waals surface area contributed by atoms with Gasteiger partial charge in [-0.1, -0.05) is 61.0 Å². The van der Waals surface area contributed by atoms with Crippen LogP contribution in [-0.4, -0.2) is 32.8 Å². The van der Waals surface area contributed by atoms with E-state index in [0.717, 1.165) is 57.3 Å². The van der Waals surface area contributed by atoms with Crippen LogP contribution in [0.5, 0.6) is 0 Å². The number of rotatable bonds is 3. The fourth-order valence-electron chi connectivity index (χ4n) is 7.09. The van der Waals surface area contributed by atoms with Crippen molar-refractivity contribution in [3.05, 3.63) is 87.3 Å². The molecule has 0 bridgehead atoms. The van der Waals surface area contributed by atoms with Crippen LogP contribution in [0.1, 0.15) is 60.5 Å². The maximum atomic E-state index is 13.8. The fourth-order valence-corrected chi connectivity index (χ4v) is 7.09. The van der Waals surface area contributed by atoms with Gasteiger partial charge < -0.3 is 10.6 Å². The Morgan fingerprint density at radius 1 is 1.00 bits per heavy atom. The molecule has 3 aliphatic rings. The minimum atomic E-state index is -0.208. The number of fused-ring (bicyclic) bond motifs is 2. The number of aromatic nitrogens is 4. The number of piperidine rings is 1. The van der Waals surface area contributed by atoms with Crippen LogP contribution in [0.15, 0.2) is 59.4 Å². The van der Waals surface area contributed by atoms with E-state index in [1.165, 1.54) is 16.7 Å². The average Bonchev–Trinajstić information content (AvgIpc) is 3.42. The molecule has 2 aromatic heterocycles. The molecule has 1 atom stereocenters. The van der Waals surface area contributed by atoms with Gasteiger partial charge in [-0.2, -0.15) is 10.1 Å². The first kappa shape index (κ1) is 21.8. The van der Waals surface area contributed by atoms with Crippen LogP contribution in [-0.2, 0) is 18.9 Å². The molecule has 7 heteroatoms. The van der Waals surface area contributed by atoms with E-state index in [2.05, 4.69) is 58.5 Å². The van der Waals surface area contributed by atoms with E-state index >= 15 is 0 Å². The lowest BCUT2D eigenvalue weighted by atomic mass is 9.62. The van der Waals surface area contributed by atoms with Crippen LogP contribution >= 0.6 is 0 Å². The van der Waals surface area contributed by atoms with Crippen LogP contribution in [0.2, 0.25) is 0 Å². The third kappa shape index (κ3) is 2.92. The summed E-state index contributed by atoms with van der Waals surface area (Å²) in [5.41, 5.74) is 12.0. The molecule has 1 saturated carbocycles. The maximum absolute atomic E-state index is 13.8. The van der Waals surface area contributed by atoms with Crippen molar-refractivity contribution in [3.63, 3.8) is 0 Å². The van der Waals surface area contributed by atoms with Gasteiger partial charge in [0.05, 0.1) is 5.69 Å². The van der Waals surface area contributed by atoms with Crippen LogP contribution in [0.3, 0.4) is 0 Å². The lowest BCUT2D eigenvalue weighted by Gasteiger charge is -2.43. The summed E-state index contributed by atoms with van der Waals surface area (Å²) in [5, 5.41) is 8.47. The first-order valence-electron chi connectivity index (χ1n) is 13.1. The zero-order chi connectivity index (χ0) is 24.5. The van der Waals surface area contributed by atoms with E-state index in [1.54, 1.807) is 4.57 Å². The number of anilines is 1. The molecule has 1 aliphatic heterocycles. The zero-order valence-electron chi connectivity index (χ0n) is 20.7. The summed E-state index contributed by atoms with van der Waals surface area (Å²) in [7, 11) is 1.85. The summed E-state index contributed by atoms with van der Waals surface area (Å²) in [4.78, 5) is 21.0. The Kier molecular flexibility index (Phi) is 4.71. The van der Waals surface area contributed by atoms with E-state index in [9.17, 15) is 4.79 Å². The molecular weight excluding hydrogens is 448 g/mol. The quantitative estimate of drug-likeness (QED) is 0.463. The second-order valence-corrected chi connectivity index (χ2v) is 11.1. The highest BCUT2D eigenvalue weighted by Crippen LogP contribution is 2.51. The number of H-pyrrole nitrogens is 1. The number of nitrogens with zero attached hydrogens (tertiary/aromatic N) is 4. The highest BCUT2D eigenvalue weighted by Gasteiger charge is 2.47. The molecule has 7 nitrogen and oxygen atoms in total. The molecule has 3 N–H and O–H groups in total. The summed E-state index contributed by atoms with van der Waals surface area (Å²) in [6.07, 6.45) is 6.15. The van der Waals surface area contributed by atoms with Crippen molar-refractivity contribution in [2.75, 3.05) is 18.0 Å².